The smallest absolute Gasteiger partial charge is 0.0555 e. The van der Waals surface area contributed by atoms with Crippen molar-refractivity contribution in [1.29, 1.82) is 0 Å². The number of ether oxygens (including phenoxy) is 1. The Bertz CT molecular complexity index is 164. The molecule has 1 aliphatic carbocycles. The van der Waals surface area contributed by atoms with E-state index < -0.39 is 0 Å². The lowest BCUT2D eigenvalue weighted by Gasteiger charge is -2.24. The van der Waals surface area contributed by atoms with E-state index in [9.17, 15) is 5.11 Å². The standard InChI is InChI=1S/C11H21NO2/c13-11-2-1-10(7-11)12-8-9-3-5-14-6-4-9/h9-13H,1-8H2/t10-,11+/m0/s1. The monoisotopic (exact) mass is 199 g/mol. The first-order valence-electron chi connectivity index (χ1n) is 5.84. The van der Waals surface area contributed by atoms with Crippen LogP contribution in [0.15, 0.2) is 0 Å². The highest BCUT2D eigenvalue weighted by Crippen LogP contribution is 2.20. The van der Waals surface area contributed by atoms with E-state index in [-0.39, 0.29) is 6.10 Å². The third kappa shape index (κ3) is 2.94. The maximum absolute atomic E-state index is 9.38. The third-order valence-electron chi connectivity index (χ3n) is 3.44. The maximum atomic E-state index is 9.38. The molecule has 2 aliphatic rings. The minimum atomic E-state index is -0.0535. The molecule has 2 rings (SSSR count). The van der Waals surface area contributed by atoms with Crippen molar-refractivity contribution in [3.05, 3.63) is 0 Å². The van der Waals surface area contributed by atoms with Gasteiger partial charge >= 0.3 is 0 Å². The Labute approximate surface area is 85.8 Å². The highest BCUT2D eigenvalue weighted by Gasteiger charge is 2.23. The summed E-state index contributed by atoms with van der Waals surface area (Å²) in [7, 11) is 0. The van der Waals surface area contributed by atoms with Crippen molar-refractivity contribution >= 4 is 0 Å². The van der Waals surface area contributed by atoms with Crippen molar-refractivity contribution in [2.75, 3.05) is 19.8 Å². The summed E-state index contributed by atoms with van der Waals surface area (Å²) >= 11 is 0. The molecule has 0 aromatic heterocycles. The summed E-state index contributed by atoms with van der Waals surface area (Å²) in [6.45, 7) is 2.97. The van der Waals surface area contributed by atoms with Gasteiger partial charge in [-0.1, -0.05) is 0 Å². The first kappa shape index (κ1) is 10.4. The molecule has 0 aromatic carbocycles. The average molecular weight is 199 g/mol. The molecule has 0 amide bonds. The molecule has 3 heteroatoms. The number of nitrogens with one attached hydrogen (secondary N) is 1. The number of rotatable bonds is 3. The number of hydrogen-bond donors (Lipinski definition) is 2. The topological polar surface area (TPSA) is 41.5 Å². The van der Waals surface area contributed by atoms with E-state index in [1.54, 1.807) is 0 Å². The molecule has 82 valence electrons. The van der Waals surface area contributed by atoms with Crippen LogP contribution in [0.1, 0.15) is 32.1 Å². The van der Waals surface area contributed by atoms with Crippen LogP contribution in [0, 0.1) is 5.92 Å². The second-order valence-corrected chi connectivity index (χ2v) is 4.63. The Balaban J connectivity index is 1.61. The van der Waals surface area contributed by atoms with E-state index >= 15 is 0 Å². The lowest BCUT2D eigenvalue weighted by atomic mass is 10.00. The fourth-order valence-electron chi connectivity index (χ4n) is 2.43. The van der Waals surface area contributed by atoms with Gasteiger partial charge in [0.05, 0.1) is 6.10 Å². The van der Waals surface area contributed by atoms with Crippen molar-refractivity contribution in [3.8, 4) is 0 Å². The molecule has 0 radical (unpaired) electrons. The maximum Gasteiger partial charge on any atom is 0.0555 e. The van der Waals surface area contributed by atoms with Crippen LogP contribution < -0.4 is 5.32 Å². The van der Waals surface area contributed by atoms with E-state index in [1.807, 2.05) is 0 Å². The van der Waals surface area contributed by atoms with E-state index in [4.69, 9.17) is 4.74 Å². The van der Waals surface area contributed by atoms with Crippen LogP contribution in [-0.4, -0.2) is 37.0 Å². The fraction of sp³-hybridized carbons (Fsp3) is 1.00. The molecule has 2 N–H and O–H groups in total. The van der Waals surface area contributed by atoms with Gasteiger partial charge < -0.3 is 15.2 Å². The molecule has 3 nitrogen and oxygen atoms in total. The van der Waals surface area contributed by atoms with Crippen LogP contribution >= 0.6 is 0 Å². The quantitative estimate of drug-likeness (QED) is 0.710. The van der Waals surface area contributed by atoms with Crippen molar-refractivity contribution in [1.82, 2.24) is 5.32 Å². The Hall–Kier alpha value is -0.120. The average Bonchev–Trinajstić information content (AvgIpc) is 2.63. The predicted octanol–water partition coefficient (Wildman–Crippen LogP) is 0.916. The largest absolute Gasteiger partial charge is 0.393 e. The Morgan fingerprint density at radius 3 is 2.57 bits per heavy atom. The Morgan fingerprint density at radius 2 is 1.93 bits per heavy atom. The molecule has 0 bridgehead atoms. The van der Waals surface area contributed by atoms with Crippen LogP contribution in [0.5, 0.6) is 0 Å². The molecule has 1 saturated heterocycles. The van der Waals surface area contributed by atoms with Crippen LogP contribution in [0.4, 0.5) is 0 Å². The first-order valence-corrected chi connectivity index (χ1v) is 5.84. The van der Waals surface area contributed by atoms with Crippen LogP contribution in [0.2, 0.25) is 0 Å². The van der Waals surface area contributed by atoms with Gasteiger partial charge in [-0.3, -0.25) is 0 Å². The summed E-state index contributed by atoms with van der Waals surface area (Å²) < 4.78 is 5.32. The zero-order valence-electron chi connectivity index (χ0n) is 8.74. The molecular formula is C11H21NO2. The van der Waals surface area contributed by atoms with Gasteiger partial charge in [-0.2, -0.15) is 0 Å². The number of aliphatic hydroxyl groups is 1. The van der Waals surface area contributed by atoms with Crippen molar-refractivity contribution in [2.24, 2.45) is 5.92 Å². The van der Waals surface area contributed by atoms with E-state index in [0.717, 1.165) is 44.9 Å². The zero-order chi connectivity index (χ0) is 9.80. The highest BCUT2D eigenvalue weighted by molar-refractivity contribution is 4.81. The number of aliphatic hydroxyl groups excluding tert-OH is 1. The molecular weight excluding hydrogens is 178 g/mol. The van der Waals surface area contributed by atoms with E-state index in [0.29, 0.717) is 6.04 Å². The summed E-state index contributed by atoms with van der Waals surface area (Å²) in [5.41, 5.74) is 0. The van der Waals surface area contributed by atoms with Gasteiger partial charge in [0.2, 0.25) is 0 Å². The molecule has 1 saturated carbocycles. The Kier molecular flexibility index (Phi) is 3.79. The molecule has 0 spiro atoms. The van der Waals surface area contributed by atoms with Crippen molar-refractivity contribution in [3.63, 3.8) is 0 Å². The normalized spacial score (nSPS) is 34.9. The summed E-state index contributed by atoms with van der Waals surface area (Å²) in [6, 6.07) is 0.563. The number of hydrogen-bond acceptors (Lipinski definition) is 3. The second kappa shape index (κ2) is 5.10. The minimum absolute atomic E-state index is 0.0535. The SMILES string of the molecule is O[C@@H]1CC[C@H](NCC2CCOCC2)C1. The van der Waals surface area contributed by atoms with Crippen LogP contribution in [0.3, 0.4) is 0 Å². The van der Waals surface area contributed by atoms with Crippen molar-refractivity contribution < 1.29 is 9.84 Å². The fourth-order valence-corrected chi connectivity index (χ4v) is 2.43. The first-order chi connectivity index (χ1) is 6.84. The summed E-state index contributed by atoms with van der Waals surface area (Å²) in [4.78, 5) is 0. The van der Waals surface area contributed by atoms with Gasteiger partial charge in [-0.25, -0.2) is 0 Å². The summed E-state index contributed by atoms with van der Waals surface area (Å²) in [5, 5.41) is 12.9. The van der Waals surface area contributed by atoms with Gasteiger partial charge in [0.15, 0.2) is 0 Å². The van der Waals surface area contributed by atoms with Crippen LogP contribution in [0.25, 0.3) is 0 Å². The molecule has 1 aliphatic heterocycles. The Morgan fingerprint density at radius 1 is 1.14 bits per heavy atom. The molecule has 2 atom stereocenters. The van der Waals surface area contributed by atoms with E-state index in [2.05, 4.69) is 5.32 Å². The van der Waals surface area contributed by atoms with Gasteiger partial charge in [0, 0.05) is 19.3 Å². The van der Waals surface area contributed by atoms with Crippen LogP contribution in [-0.2, 0) is 4.74 Å². The summed E-state index contributed by atoms with van der Waals surface area (Å²) in [5.74, 6) is 0.793. The van der Waals surface area contributed by atoms with Crippen molar-refractivity contribution in [2.45, 2.75) is 44.2 Å². The lowest BCUT2D eigenvalue weighted by Crippen LogP contribution is -2.34. The molecule has 2 fully saturated rings. The molecule has 0 aromatic rings. The molecule has 0 unspecified atom stereocenters. The summed E-state index contributed by atoms with van der Waals surface area (Å²) in [6.07, 6.45) is 5.41. The van der Waals surface area contributed by atoms with Gasteiger partial charge in [-0.05, 0) is 44.6 Å². The lowest BCUT2D eigenvalue weighted by molar-refractivity contribution is 0.0653. The third-order valence-corrected chi connectivity index (χ3v) is 3.44. The predicted molar refractivity (Wildman–Crippen MR) is 55.2 cm³/mol. The zero-order valence-corrected chi connectivity index (χ0v) is 8.74. The highest BCUT2D eigenvalue weighted by atomic mass is 16.5. The minimum Gasteiger partial charge on any atom is -0.393 e. The van der Waals surface area contributed by atoms with Gasteiger partial charge in [0.1, 0.15) is 0 Å². The molecule has 14 heavy (non-hydrogen) atoms. The second-order valence-electron chi connectivity index (χ2n) is 4.63. The van der Waals surface area contributed by atoms with E-state index in [1.165, 1.54) is 12.8 Å². The molecule has 1 heterocycles. The van der Waals surface area contributed by atoms with Gasteiger partial charge in [0.25, 0.3) is 0 Å². The van der Waals surface area contributed by atoms with Gasteiger partial charge in [-0.15, -0.1) is 0 Å².